The van der Waals surface area contributed by atoms with Crippen molar-refractivity contribution in [2.75, 3.05) is 5.32 Å². The Kier molecular flexibility index (Phi) is 4.56. The third kappa shape index (κ3) is 3.36. The molecule has 0 saturated carbocycles. The smallest absolute Gasteiger partial charge is 0.275 e. The Labute approximate surface area is 177 Å². The van der Waals surface area contributed by atoms with Crippen LogP contribution in [0.5, 0.6) is 0 Å². The number of halogens is 1. The molecule has 0 amide bonds. The lowest BCUT2D eigenvalue weighted by Gasteiger charge is -2.10. The highest BCUT2D eigenvalue weighted by molar-refractivity contribution is 5.79. The molecular weight excluding hydrogens is 395 g/mol. The lowest BCUT2D eigenvalue weighted by atomic mass is 10.0. The maximum atomic E-state index is 13.5. The van der Waals surface area contributed by atoms with Crippen molar-refractivity contribution in [3.8, 4) is 28.6 Å². The van der Waals surface area contributed by atoms with Gasteiger partial charge in [0.2, 0.25) is 5.95 Å². The Morgan fingerprint density at radius 2 is 1.74 bits per heavy atom. The first-order valence-electron chi connectivity index (χ1n) is 9.84. The molecule has 1 aliphatic rings. The van der Waals surface area contributed by atoms with Crippen molar-refractivity contribution < 1.29 is 4.39 Å². The van der Waals surface area contributed by atoms with Gasteiger partial charge in [-0.2, -0.15) is 5.26 Å². The van der Waals surface area contributed by atoms with E-state index in [0.717, 1.165) is 12.1 Å². The average Bonchev–Trinajstić information content (AvgIpc) is 3.37. The normalized spacial score (nSPS) is 12.4. The molecule has 0 saturated heterocycles. The van der Waals surface area contributed by atoms with Crippen molar-refractivity contribution in [3.63, 3.8) is 0 Å². The standard InChI is InChI=1S/C23H17FN6O/c24-17-6-4-16(5-7-17)20-21(29-12-1-13-30(29)22(20)31)19-10-11-26-23(28-19)27-18-8-2-15(14-25)3-9-18/h2-11H,1,12-13H2,(H,26,27,28). The van der Waals surface area contributed by atoms with E-state index in [2.05, 4.69) is 21.4 Å². The number of nitrogens with one attached hydrogen (secondary N) is 1. The molecule has 5 rings (SSSR count). The molecule has 4 aromatic rings. The van der Waals surface area contributed by atoms with Gasteiger partial charge in [0.15, 0.2) is 0 Å². The molecule has 152 valence electrons. The molecule has 0 atom stereocenters. The van der Waals surface area contributed by atoms with Crippen LogP contribution in [-0.2, 0) is 13.1 Å². The second kappa shape index (κ2) is 7.54. The minimum atomic E-state index is -0.354. The third-order valence-corrected chi connectivity index (χ3v) is 5.28. The maximum Gasteiger partial charge on any atom is 0.275 e. The van der Waals surface area contributed by atoms with Crippen LogP contribution in [-0.4, -0.2) is 19.3 Å². The highest BCUT2D eigenvalue weighted by atomic mass is 19.1. The maximum absolute atomic E-state index is 13.5. The first-order valence-corrected chi connectivity index (χ1v) is 9.84. The van der Waals surface area contributed by atoms with Gasteiger partial charge >= 0.3 is 0 Å². The molecule has 8 heteroatoms. The zero-order chi connectivity index (χ0) is 21.4. The Balaban J connectivity index is 1.60. The zero-order valence-corrected chi connectivity index (χ0v) is 16.4. The van der Waals surface area contributed by atoms with Crippen LogP contribution in [0.3, 0.4) is 0 Å². The van der Waals surface area contributed by atoms with Crippen molar-refractivity contribution in [3.05, 3.63) is 82.5 Å². The first kappa shape index (κ1) is 18.8. The number of benzene rings is 2. The quantitative estimate of drug-likeness (QED) is 0.549. The molecule has 0 radical (unpaired) electrons. The van der Waals surface area contributed by atoms with Gasteiger partial charge in [-0.1, -0.05) is 12.1 Å². The highest BCUT2D eigenvalue weighted by Crippen LogP contribution is 2.32. The monoisotopic (exact) mass is 412 g/mol. The van der Waals surface area contributed by atoms with E-state index in [4.69, 9.17) is 5.26 Å². The summed E-state index contributed by atoms with van der Waals surface area (Å²) in [6.45, 7) is 1.34. The zero-order valence-electron chi connectivity index (χ0n) is 16.4. The fraction of sp³-hybridized carbons (Fsp3) is 0.130. The Hall–Kier alpha value is -4.25. The molecule has 31 heavy (non-hydrogen) atoms. The van der Waals surface area contributed by atoms with Gasteiger partial charge in [0.05, 0.1) is 28.6 Å². The molecule has 3 heterocycles. The van der Waals surface area contributed by atoms with Crippen LogP contribution in [0, 0.1) is 17.1 Å². The number of hydrogen-bond acceptors (Lipinski definition) is 5. The summed E-state index contributed by atoms with van der Waals surface area (Å²) < 4.78 is 17.1. The van der Waals surface area contributed by atoms with Gasteiger partial charge in [-0.15, -0.1) is 0 Å². The molecule has 2 aromatic carbocycles. The van der Waals surface area contributed by atoms with Gasteiger partial charge in [-0.25, -0.2) is 19.0 Å². The molecule has 1 aliphatic heterocycles. The summed E-state index contributed by atoms with van der Waals surface area (Å²) in [6, 6.07) is 16.7. The molecule has 7 nitrogen and oxygen atoms in total. The summed E-state index contributed by atoms with van der Waals surface area (Å²) in [5, 5.41) is 12.1. The van der Waals surface area contributed by atoms with Crippen LogP contribution in [0.25, 0.3) is 22.5 Å². The molecule has 0 fully saturated rings. The SMILES string of the molecule is N#Cc1ccc(Nc2nccc(-c3c(-c4ccc(F)cc4)c(=O)n4n3CCC4)n2)cc1. The minimum Gasteiger partial charge on any atom is -0.324 e. The van der Waals surface area contributed by atoms with E-state index < -0.39 is 0 Å². The van der Waals surface area contributed by atoms with E-state index in [-0.39, 0.29) is 11.4 Å². The van der Waals surface area contributed by atoms with E-state index in [9.17, 15) is 9.18 Å². The van der Waals surface area contributed by atoms with Gasteiger partial charge < -0.3 is 5.32 Å². The molecule has 1 N–H and O–H groups in total. The predicted octanol–water partition coefficient (Wildman–Crippen LogP) is 3.93. The minimum absolute atomic E-state index is 0.112. The Morgan fingerprint density at radius 1 is 1.00 bits per heavy atom. The molecule has 0 spiro atoms. The van der Waals surface area contributed by atoms with Gasteiger partial charge in [0.1, 0.15) is 5.82 Å². The summed E-state index contributed by atoms with van der Waals surface area (Å²) in [5.74, 6) is 0.0198. The van der Waals surface area contributed by atoms with Crippen LogP contribution < -0.4 is 10.9 Å². The highest BCUT2D eigenvalue weighted by Gasteiger charge is 2.26. The number of anilines is 2. The number of fused-ring (bicyclic) bond motifs is 1. The van der Waals surface area contributed by atoms with Crippen molar-refractivity contribution in [1.82, 2.24) is 19.3 Å². The summed E-state index contributed by atoms with van der Waals surface area (Å²) >= 11 is 0. The Morgan fingerprint density at radius 3 is 2.48 bits per heavy atom. The largest absolute Gasteiger partial charge is 0.324 e. The molecule has 0 unspecified atom stereocenters. The van der Waals surface area contributed by atoms with E-state index >= 15 is 0 Å². The summed E-state index contributed by atoms with van der Waals surface area (Å²) in [7, 11) is 0. The van der Waals surface area contributed by atoms with Crippen LogP contribution in [0.2, 0.25) is 0 Å². The predicted molar refractivity (Wildman–Crippen MR) is 114 cm³/mol. The summed E-state index contributed by atoms with van der Waals surface area (Å²) in [5.41, 5.74) is 3.64. The second-order valence-corrected chi connectivity index (χ2v) is 7.22. The number of aromatic nitrogens is 4. The van der Waals surface area contributed by atoms with Crippen molar-refractivity contribution in [2.45, 2.75) is 19.5 Å². The molecule has 0 bridgehead atoms. The van der Waals surface area contributed by atoms with Crippen LogP contribution >= 0.6 is 0 Å². The van der Waals surface area contributed by atoms with E-state index in [1.165, 1.54) is 12.1 Å². The van der Waals surface area contributed by atoms with Crippen LogP contribution in [0.1, 0.15) is 12.0 Å². The van der Waals surface area contributed by atoms with Crippen LogP contribution in [0.15, 0.2) is 65.6 Å². The summed E-state index contributed by atoms with van der Waals surface area (Å²) in [4.78, 5) is 22.1. The topological polar surface area (TPSA) is 88.5 Å². The van der Waals surface area contributed by atoms with E-state index in [1.807, 2.05) is 4.68 Å². The Bertz CT molecular complexity index is 1360. The number of nitrogens with zero attached hydrogens (tertiary/aromatic N) is 5. The second-order valence-electron chi connectivity index (χ2n) is 7.22. The van der Waals surface area contributed by atoms with Gasteiger partial charge in [-0.3, -0.25) is 9.48 Å². The molecular formula is C23H17FN6O. The van der Waals surface area contributed by atoms with Gasteiger partial charge in [0, 0.05) is 25.0 Å². The van der Waals surface area contributed by atoms with Crippen LogP contribution in [0.4, 0.5) is 16.0 Å². The lowest BCUT2D eigenvalue weighted by molar-refractivity contribution is 0.599. The average molecular weight is 412 g/mol. The van der Waals surface area contributed by atoms with Gasteiger partial charge in [0.25, 0.3) is 5.56 Å². The summed E-state index contributed by atoms with van der Waals surface area (Å²) in [6.07, 6.45) is 2.50. The molecule has 2 aromatic heterocycles. The van der Waals surface area contributed by atoms with Crippen molar-refractivity contribution in [1.29, 1.82) is 5.26 Å². The third-order valence-electron chi connectivity index (χ3n) is 5.28. The molecule has 0 aliphatic carbocycles. The van der Waals surface area contributed by atoms with E-state index in [1.54, 1.807) is 53.3 Å². The lowest BCUT2D eigenvalue weighted by Crippen LogP contribution is -2.17. The van der Waals surface area contributed by atoms with E-state index in [0.29, 0.717) is 47.1 Å². The number of hydrogen-bond donors (Lipinski definition) is 1. The fourth-order valence-electron chi connectivity index (χ4n) is 3.86. The fourth-order valence-corrected chi connectivity index (χ4v) is 3.86. The van der Waals surface area contributed by atoms with Crippen molar-refractivity contribution >= 4 is 11.6 Å². The first-order chi connectivity index (χ1) is 15.1. The number of nitriles is 1. The van der Waals surface area contributed by atoms with Gasteiger partial charge in [-0.05, 0) is 54.4 Å². The van der Waals surface area contributed by atoms with Crippen molar-refractivity contribution in [2.24, 2.45) is 0 Å². The number of rotatable bonds is 4.